The monoisotopic (exact) mass is 273 g/mol. The number of rotatable bonds is 6. The lowest BCUT2D eigenvalue weighted by molar-refractivity contribution is 0.528. The smallest absolute Gasteiger partial charge is 0.109 e. The van der Waals surface area contributed by atoms with E-state index >= 15 is 0 Å². The molecule has 0 spiro atoms. The van der Waals surface area contributed by atoms with Crippen molar-refractivity contribution in [2.24, 2.45) is 5.73 Å². The van der Waals surface area contributed by atoms with Gasteiger partial charge in [-0.1, -0.05) is 20.3 Å². The Kier molecular flexibility index (Phi) is 4.81. The van der Waals surface area contributed by atoms with Crippen LogP contribution < -0.4 is 5.73 Å². The summed E-state index contributed by atoms with van der Waals surface area (Å²) in [4.78, 5) is 4.85. The molecule has 0 bridgehead atoms. The fourth-order valence-electron chi connectivity index (χ4n) is 2.52. The van der Waals surface area contributed by atoms with Gasteiger partial charge in [-0.25, -0.2) is 4.98 Å². The van der Waals surface area contributed by atoms with Crippen molar-refractivity contribution in [2.75, 3.05) is 0 Å². The molecule has 0 aliphatic heterocycles. The van der Waals surface area contributed by atoms with Crippen molar-refractivity contribution in [2.45, 2.75) is 66.0 Å². The summed E-state index contributed by atoms with van der Waals surface area (Å²) in [5.74, 6) is 1.19. The molecule has 1 aromatic carbocycles. The van der Waals surface area contributed by atoms with Crippen molar-refractivity contribution in [1.29, 1.82) is 0 Å². The second-order valence-corrected chi connectivity index (χ2v) is 5.84. The van der Waals surface area contributed by atoms with Gasteiger partial charge in [0.15, 0.2) is 0 Å². The Morgan fingerprint density at radius 1 is 1.20 bits per heavy atom. The molecule has 3 nitrogen and oxygen atoms in total. The van der Waals surface area contributed by atoms with Crippen LogP contribution in [0.15, 0.2) is 12.1 Å². The summed E-state index contributed by atoms with van der Waals surface area (Å²) in [6.45, 7) is 9.55. The summed E-state index contributed by atoms with van der Waals surface area (Å²) >= 11 is 0. The van der Waals surface area contributed by atoms with Crippen LogP contribution in [0.1, 0.15) is 50.1 Å². The van der Waals surface area contributed by atoms with Gasteiger partial charge in [-0.2, -0.15) is 0 Å². The number of imidazole rings is 1. The SMILES string of the molecule is CCCCc1nc2cc(C)c(C)cc2n1CC(N)CC. The molecule has 0 amide bonds. The maximum Gasteiger partial charge on any atom is 0.109 e. The average Bonchev–Trinajstić information content (AvgIpc) is 2.74. The predicted octanol–water partition coefficient (Wildman–Crippen LogP) is 3.73. The van der Waals surface area contributed by atoms with E-state index in [-0.39, 0.29) is 6.04 Å². The molecular formula is C17H27N3. The second kappa shape index (κ2) is 6.40. The Balaban J connectivity index is 2.49. The first-order valence-corrected chi connectivity index (χ1v) is 7.78. The number of aryl methyl sites for hydroxylation is 3. The Hall–Kier alpha value is -1.35. The molecule has 2 N–H and O–H groups in total. The topological polar surface area (TPSA) is 43.8 Å². The van der Waals surface area contributed by atoms with Crippen molar-refractivity contribution in [3.05, 3.63) is 29.1 Å². The lowest BCUT2D eigenvalue weighted by Crippen LogP contribution is -2.26. The van der Waals surface area contributed by atoms with Gasteiger partial charge in [0.05, 0.1) is 11.0 Å². The van der Waals surface area contributed by atoms with Crippen LogP contribution in [0.5, 0.6) is 0 Å². The molecule has 110 valence electrons. The number of hydrogen-bond acceptors (Lipinski definition) is 2. The fraction of sp³-hybridized carbons (Fsp3) is 0.588. The molecule has 0 fully saturated rings. The van der Waals surface area contributed by atoms with Crippen molar-refractivity contribution in [1.82, 2.24) is 9.55 Å². The van der Waals surface area contributed by atoms with Crippen molar-refractivity contribution in [3.8, 4) is 0 Å². The maximum absolute atomic E-state index is 6.17. The lowest BCUT2D eigenvalue weighted by Gasteiger charge is -2.14. The van der Waals surface area contributed by atoms with E-state index in [1.54, 1.807) is 0 Å². The van der Waals surface area contributed by atoms with Gasteiger partial charge in [-0.15, -0.1) is 0 Å². The van der Waals surface area contributed by atoms with Crippen LogP contribution in [0.3, 0.4) is 0 Å². The number of benzene rings is 1. The zero-order valence-electron chi connectivity index (χ0n) is 13.2. The fourth-order valence-corrected chi connectivity index (χ4v) is 2.52. The van der Waals surface area contributed by atoms with E-state index in [1.165, 1.54) is 35.3 Å². The third-order valence-electron chi connectivity index (χ3n) is 4.14. The highest BCUT2D eigenvalue weighted by Gasteiger charge is 2.13. The molecule has 0 aliphatic carbocycles. The molecule has 0 saturated heterocycles. The van der Waals surface area contributed by atoms with E-state index in [2.05, 4.69) is 44.4 Å². The second-order valence-electron chi connectivity index (χ2n) is 5.84. The standard InChI is InChI=1S/C17H27N3/c1-5-7-8-17-19-15-9-12(3)13(4)10-16(15)20(17)11-14(18)6-2/h9-10,14H,5-8,11,18H2,1-4H3. The maximum atomic E-state index is 6.17. The highest BCUT2D eigenvalue weighted by molar-refractivity contribution is 5.78. The Morgan fingerprint density at radius 2 is 1.90 bits per heavy atom. The average molecular weight is 273 g/mol. The summed E-state index contributed by atoms with van der Waals surface area (Å²) in [7, 11) is 0. The summed E-state index contributed by atoms with van der Waals surface area (Å²) in [5.41, 5.74) is 11.2. The first-order chi connectivity index (χ1) is 9.56. The minimum atomic E-state index is 0.203. The van der Waals surface area contributed by atoms with Gasteiger partial charge < -0.3 is 10.3 Å². The summed E-state index contributed by atoms with van der Waals surface area (Å²) in [6, 6.07) is 4.67. The Labute approximate surface area is 122 Å². The number of hydrogen-bond donors (Lipinski definition) is 1. The van der Waals surface area contributed by atoms with Gasteiger partial charge in [0.2, 0.25) is 0 Å². The van der Waals surface area contributed by atoms with E-state index in [4.69, 9.17) is 10.7 Å². The number of fused-ring (bicyclic) bond motifs is 1. The van der Waals surface area contributed by atoms with Gasteiger partial charge in [0.25, 0.3) is 0 Å². The highest BCUT2D eigenvalue weighted by Crippen LogP contribution is 2.22. The Morgan fingerprint density at radius 3 is 2.55 bits per heavy atom. The van der Waals surface area contributed by atoms with Gasteiger partial charge in [0.1, 0.15) is 5.82 Å². The minimum Gasteiger partial charge on any atom is -0.326 e. The molecular weight excluding hydrogens is 246 g/mol. The van der Waals surface area contributed by atoms with Crippen LogP contribution in [-0.4, -0.2) is 15.6 Å². The first-order valence-electron chi connectivity index (χ1n) is 7.78. The van der Waals surface area contributed by atoms with Crippen LogP contribution in [0.4, 0.5) is 0 Å². The van der Waals surface area contributed by atoms with E-state index in [0.29, 0.717) is 0 Å². The van der Waals surface area contributed by atoms with Crippen molar-refractivity contribution < 1.29 is 0 Å². The summed E-state index contributed by atoms with van der Waals surface area (Å²) in [5, 5.41) is 0. The summed E-state index contributed by atoms with van der Waals surface area (Å²) in [6.07, 6.45) is 4.42. The lowest BCUT2D eigenvalue weighted by atomic mass is 10.1. The molecule has 1 aromatic heterocycles. The number of nitrogens with two attached hydrogens (primary N) is 1. The molecule has 0 aliphatic rings. The summed E-state index contributed by atoms with van der Waals surface area (Å²) < 4.78 is 2.34. The van der Waals surface area contributed by atoms with E-state index in [0.717, 1.165) is 24.9 Å². The van der Waals surface area contributed by atoms with Gasteiger partial charge in [-0.05, 0) is 49.9 Å². The molecule has 0 radical (unpaired) electrons. The minimum absolute atomic E-state index is 0.203. The zero-order valence-corrected chi connectivity index (χ0v) is 13.2. The molecule has 20 heavy (non-hydrogen) atoms. The third kappa shape index (κ3) is 3.04. The van der Waals surface area contributed by atoms with Crippen LogP contribution in [0.2, 0.25) is 0 Å². The van der Waals surface area contributed by atoms with Crippen LogP contribution in [-0.2, 0) is 13.0 Å². The van der Waals surface area contributed by atoms with Crippen molar-refractivity contribution >= 4 is 11.0 Å². The van der Waals surface area contributed by atoms with Gasteiger partial charge in [0, 0.05) is 19.0 Å². The normalized spacial score (nSPS) is 13.1. The third-order valence-corrected chi connectivity index (χ3v) is 4.14. The molecule has 1 atom stereocenters. The quantitative estimate of drug-likeness (QED) is 0.871. The molecule has 1 heterocycles. The largest absolute Gasteiger partial charge is 0.326 e. The molecule has 2 aromatic rings. The van der Waals surface area contributed by atoms with E-state index in [9.17, 15) is 0 Å². The van der Waals surface area contributed by atoms with E-state index in [1.807, 2.05) is 0 Å². The van der Waals surface area contributed by atoms with Gasteiger partial charge >= 0.3 is 0 Å². The van der Waals surface area contributed by atoms with Crippen LogP contribution in [0.25, 0.3) is 11.0 Å². The predicted molar refractivity (Wildman–Crippen MR) is 86.1 cm³/mol. The number of nitrogens with zero attached hydrogens (tertiary/aromatic N) is 2. The first kappa shape index (κ1) is 15.0. The van der Waals surface area contributed by atoms with Crippen LogP contribution in [0, 0.1) is 13.8 Å². The number of aromatic nitrogens is 2. The molecule has 1 unspecified atom stereocenters. The highest BCUT2D eigenvalue weighted by atomic mass is 15.1. The molecule has 0 saturated carbocycles. The van der Waals surface area contributed by atoms with E-state index < -0.39 is 0 Å². The number of unbranched alkanes of at least 4 members (excludes halogenated alkanes) is 1. The van der Waals surface area contributed by atoms with Gasteiger partial charge in [-0.3, -0.25) is 0 Å². The molecule has 3 heteroatoms. The Bertz CT molecular complexity index is 583. The van der Waals surface area contributed by atoms with Crippen molar-refractivity contribution in [3.63, 3.8) is 0 Å². The van der Waals surface area contributed by atoms with Crippen LogP contribution >= 0.6 is 0 Å². The molecule has 2 rings (SSSR count). The zero-order chi connectivity index (χ0) is 14.7.